The number of hydrogen-bond acceptors (Lipinski definition) is 6. The molecule has 0 aliphatic heterocycles. The minimum Gasteiger partial charge on any atom is -0.497 e. The van der Waals surface area contributed by atoms with Gasteiger partial charge in [0.25, 0.3) is 10.0 Å². The van der Waals surface area contributed by atoms with Gasteiger partial charge in [0.05, 0.1) is 18.6 Å². The van der Waals surface area contributed by atoms with Gasteiger partial charge in [0.15, 0.2) is 0 Å². The highest BCUT2D eigenvalue weighted by molar-refractivity contribution is 7.92. The molecule has 7 nitrogen and oxygen atoms in total. The van der Waals surface area contributed by atoms with Crippen LogP contribution in [0.2, 0.25) is 0 Å². The maximum Gasteiger partial charge on any atom is 0.318 e. The molecular formula is C13H15N3O4S. The Morgan fingerprint density at radius 1 is 1.19 bits per heavy atom. The Kier molecular flexibility index (Phi) is 4.59. The molecule has 0 amide bonds. The third-order valence-corrected chi connectivity index (χ3v) is 3.89. The zero-order chi connectivity index (χ0) is 15.3. The van der Waals surface area contributed by atoms with Gasteiger partial charge in [0, 0.05) is 12.3 Å². The molecule has 1 aromatic carbocycles. The Hall–Kier alpha value is -2.35. The molecule has 0 atom stereocenters. The first kappa shape index (κ1) is 15.0. The van der Waals surface area contributed by atoms with Crippen LogP contribution >= 0.6 is 0 Å². The predicted octanol–water partition coefficient (Wildman–Crippen LogP) is 1.68. The number of hydrogen-bond donors (Lipinski definition) is 1. The summed E-state index contributed by atoms with van der Waals surface area (Å²) in [4.78, 5) is 7.94. The van der Waals surface area contributed by atoms with E-state index < -0.39 is 10.0 Å². The molecular weight excluding hydrogens is 294 g/mol. The van der Waals surface area contributed by atoms with E-state index in [1.165, 1.54) is 31.5 Å². The van der Waals surface area contributed by atoms with Crippen LogP contribution in [0, 0.1) is 0 Å². The van der Waals surface area contributed by atoms with E-state index in [-0.39, 0.29) is 16.7 Å². The predicted molar refractivity (Wildman–Crippen MR) is 77.0 cm³/mol. The van der Waals surface area contributed by atoms with Crippen LogP contribution in [0.3, 0.4) is 0 Å². The molecule has 0 aliphatic rings. The number of methoxy groups -OCH3 is 1. The van der Waals surface area contributed by atoms with E-state index >= 15 is 0 Å². The standard InChI is InChI=1S/C13H15N3O4S/c1-3-20-13-14-9-8-12(15-13)16-21(17,18)11-6-4-10(19-2)5-7-11/h4-9H,3H2,1-2H3,(H,14,15,16). The normalized spacial score (nSPS) is 11.0. The average Bonchev–Trinajstić information content (AvgIpc) is 2.47. The van der Waals surface area contributed by atoms with Crippen LogP contribution in [0.25, 0.3) is 0 Å². The molecule has 0 saturated heterocycles. The topological polar surface area (TPSA) is 90.4 Å². The number of anilines is 1. The summed E-state index contributed by atoms with van der Waals surface area (Å²) in [6.07, 6.45) is 1.42. The molecule has 0 unspecified atom stereocenters. The maximum absolute atomic E-state index is 12.2. The van der Waals surface area contributed by atoms with E-state index in [1.54, 1.807) is 19.1 Å². The van der Waals surface area contributed by atoms with Crippen molar-refractivity contribution in [3.63, 3.8) is 0 Å². The van der Waals surface area contributed by atoms with Crippen LogP contribution in [0.4, 0.5) is 5.82 Å². The maximum atomic E-state index is 12.2. The Labute approximate surface area is 123 Å². The molecule has 2 aromatic rings. The molecule has 0 bridgehead atoms. The molecule has 1 aromatic heterocycles. The summed E-state index contributed by atoms with van der Waals surface area (Å²) in [5.74, 6) is 0.721. The summed E-state index contributed by atoms with van der Waals surface area (Å²) in [6.45, 7) is 2.19. The van der Waals surface area contributed by atoms with Crippen LogP contribution < -0.4 is 14.2 Å². The minimum atomic E-state index is -3.72. The number of nitrogens with zero attached hydrogens (tertiary/aromatic N) is 2. The van der Waals surface area contributed by atoms with Crippen molar-refractivity contribution in [3.8, 4) is 11.8 Å². The summed E-state index contributed by atoms with van der Waals surface area (Å²) in [6, 6.07) is 7.61. The smallest absolute Gasteiger partial charge is 0.318 e. The second kappa shape index (κ2) is 6.40. The molecule has 0 fully saturated rings. The molecule has 0 spiro atoms. The third-order valence-electron chi connectivity index (χ3n) is 2.52. The summed E-state index contributed by atoms with van der Waals surface area (Å²) >= 11 is 0. The van der Waals surface area contributed by atoms with Crippen molar-refractivity contribution in [3.05, 3.63) is 36.5 Å². The molecule has 8 heteroatoms. The Morgan fingerprint density at radius 2 is 1.90 bits per heavy atom. The van der Waals surface area contributed by atoms with E-state index in [4.69, 9.17) is 9.47 Å². The van der Waals surface area contributed by atoms with Gasteiger partial charge in [-0.25, -0.2) is 13.4 Å². The van der Waals surface area contributed by atoms with Crippen molar-refractivity contribution in [1.29, 1.82) is 0 Å². The van der Waals surface area contributed by atoms with Crippen LogP contribution in [0.15, 0.2) is 41.4 Å². The van der Waals surface area contributed by atoms with Gasteiger partial charge in [0.1, 0.15) is 11.6 Å². The Balaban J connectivity index is 2.21. The first-order valence-electron chi connectivity index (χ1n) is 6.18. The SMILES string of the molecule is CCOc1nccc(NS(=O)(=O)c2ccc(OC)cc2)n1. The van der Waals surface area contributed by atoms with Crippen molar-refractivity contribution >= 4 is 15.8 Å². The quantitative estimate of drug-likeness (QED) is 0.873. The van der Waals surface area contributed by atoms with Gasteiger partial charge in [-0.2, -0.15) is 4.98 Å². The molecule has 1 N–H and O–H groups in total. The largest absolute Gasteiger partial charge is 0.497 e. The minimum absolute atomic E-state index is 0.111. The van der Waals surface area contributed by atoms with Crippen LogP contribution in [0.5, 0.6) is 11.8 Å². The number of aromatic nitrogens is 2. The molecule has 0 aliphatic carbocycles. The average molecular weight is 309 g/mol. The van der Waals surface area contributed by atoms with Gasteiger partial charge in [0.2, 0.25) is 0 Å². The number of sulfonamides is 1. The number of rotatable bonds is 6. The van der Waals surface area contributed by atoms with Crippen molar-refractivity contribution < 1.29 is 17.9 Å². The number of nitrogens with one attached hydrogen (secondary N) is 1. The second-order valence-electron chi connectivity index (χ2n) is 3.94. The lowest BCUT2D eigenvalue weighted by molar-refractivity contribution is 0.313. The van der Waals surface area contributed by atoms with E-state index in [0.717, 1.165) is 0 Å². The summed E-state index contributed by atoms with van der Waals surface area (Å²) in [7, 11) is -2.21. The fourth-order valence-electron chi connectivity index (χ4n) is 1.55. The van der Waals surface area contributed by atoms with Gasteiger partial charge in [-0.3, -0.25) is 4.72 Å². The summed E-state index contributed by atoms with van der Waals surface area (Å²) in [5.41, 5.74) is 0. The zero-order valence-corrected chi connectivity index (χ0v) is 12.4. The highest BCUT2D eigenvalue weighted by Crippen LogP contribution is 2.18. The molecule has 21 heavy (non-hydrogen) atoms. The molecule has 112 valence electrons. The van der Waals surface area contributed by atoms with E-state index in [0.29, 0.717) is 12.4 Å². The van der Waals surface area contributed by atoms with Crippen molar-refractivity contribution in [2.24, 2.45) is 0 Å². The van der Waals surface area contributed by atoms with Crippen molar-refractivity contribution in [2.75, 3.05) is 18.4 Å². The fraction of sp³-hybridized carbons (Fsp3) is 0.231. The van der Waals surface area contributed by atoms with Gasteiger partial charge in [-0.05, 0) is 31.2 Å². The van der Waals surface area contributed by atoms with Gasteiger partial charge in [-0.1, -0.05) is 0 Å². The zero-order valence-electron chi connectivity index (χ0n) is 11.6. The Morgan fingerprint density at radius 3 is 2.52 bits per heavy atom. The third kappa shape index (κ3) is 3.82. The second-order valence-corrected chi connectivity index (χ2v) is 5.62. The fourth-order valence-corrected chi connectivity index (χ4v) is 2.55. The molecule has 0 saturated carbocycles. The lowest BCUT2D eigenvalue weighted by Gasteiger charge is -2.08. The summed E-state index contributed by atoms with van der Waals surface area (Å²) in [5, 5.41) is 0. The molecule has 1 heterocycles. The van der Waals surface area contributed by atoms with E-state index in [2.05, 4.69) is 14.7 Å². The van der Waals surface area contributed by atoms with Crippen molar-refractivity contribution in [2.45, 2.75) is 11.8 Å². The van der Waals surface area contributed by atoms with Gasteiger partial charge < -0.3 is 9.47 Å². The van der Waals surface area contributed by atoms with Crippen LogP contribution in [0.1, 0.15) is 6.92 Å². The van der Waals surface area contributed by atoms with Gasteiger partial charge in [-0.15, -0.1) is 0 Å². The molecule has 0 radical (unpaired) electrons. The monoisotopic (exact) mass is 309 g/mol. The molecule has 2 rings (SSSR count). The van der Waals surface area contributed by atoms with Crippen LogP contribution in [-0.2, 0) is 10.0 Å². The Bertz CT molecular complexity index is 702. The number of benzene rings is 1. The highest BCUT2D eigenvalue weighted by atomic mass is 32.2. The van der Waals surface area contributed by atoms with Crippen molar-refractivity contribution in [1.82, 2.24) is 9.97 Å². The van der Waals surface area contributed by atoms with E-state index in [1.807, 2.05) is 0 Å². The lowest BCUT2D eigenvalue weighted by atomic mass is 10.3. The first-order valence-corrected chi connectivity index (χ1v) is 7.66. The van der Waals surface area contributed by atoms with Gasteiger partial charge >= 0.3 is 6.01 Å². The lowest BCUT2D eigenvalue weighted by Crippen LogP contribution is -2.14. The summed E-state index contributed by atoms with van der Waals surface area (Å²) < 4.78 is 36.9. The van der Waals surface area contributed by atoms with Crippen LogP contribution in [-0.4, -0.2) is 32.1 Å². The van der Waals surface area contributed by atoms with E-state index in [9.17, 15) is 8.42 Å². The first-order chi connectivity index (χ1) is 10.0. The highest BCUT2D eigenvalue weighted by Gasteiger charge is 2.15. The number of ether oxygens (including phenoxy) is 2.